The van der Waals surface area contributed by atoms with Gasteiger partial charge in [0, 0.05) is 29.1 Å². The predicted octanol–water partition coefficient (Wildman–Crippen LogP) is 8.16. The van der Waals surface area contributed by atoms with Gasteiger partial charge in [0.15, 0.2) is 0 Å². The lowest BCUT2D eigenvalue weighted by Crippen LogP contribution is -2.33. The van der Waals surface area contributed by atoms with Crippen LogP contribution in [0.15, 0.2) is 54.6 Å². The van der Waals surface area contributed by atoms with E-state index >= 15 is 0 Å². The summed E-state index contributed by atoms with van der Waals surface area (Å²) in [5, 5.41) is 1.61. The zero-order chi connectivity index (χ0) is 22.8. The summed E-state index contributed by atoms with van der Waals surface area (Å²) in [5.41, 5.74) is 3.36. The minimum atomic E-state index is 0.117. The van der Waals surface area contributed by atoms with Crippen molar-refractivity contribution in [3.05, 3.63) is 65.2 Å². The molecule has 0 saturated heterocycles. The number of carbonyl (C=O) groups excluding carboxylic acids is 1. The van der Waals surface area contributed by atoms with Crippen molar-refractivity contribution in [2.75, 3.05) is 13.1 Å². The average molecular weight is 451 g/mol. The monoisotopic (exact) mass is 450 g/mol. The maximum absolute atomic E-state index is 13.8. The first-order valence-electron chi connectivity index (χ1n) is 12.1. The van der Waals surface area contributed by atoms with Gasteiger partial charge in [-0.2, -0.15) is 0 Å². The summed E-state index contributed by atoms with van der Waals surface area (Å²) in [6.45, 7) is 6.07. The van der Waals surface area contributed by atoms with Gasteiger partial charge in [-0.1, -0.05) is 94.3 Å². The molecule has 3 aromatic rings. The van der Waals surface area contributed by atoms with Crippen molar-refractivity contribution in [1.29, 1.82) is 0 Å². The molecule has 3 nitrogen and oxygen atoms in total. The molecule has 2 aromatic carbocycles. The maximum Gasteiger partial charge on any atom is 0.254 e. The first kappa shape index (κ1) is 24.3. The summed E-state index contributed by atoms with van der Waals surface area (Å²) < 4.78 is 0. The summed E-state index contributed by atoms with van der Waals surface area (Å²) in [6, 6.07) is 17.6. The highest BCUT2D eigenvalue weighted by atomic mass is 35.5. The van der Waals surface area contributed by atoms with Gasteiger partial charge < -0.3 is 4.90 Å². The number of hydrogen-bond acceptors (Lipinski definition) is 2. The number of halogens is 1. The van der Waals surface area contributed by atoms with Crippen LogP contribution in [0.3, 0.4) is 0 Å². The summed E-state index contributed by atoms with van der Waals surface area (Å²) in [5.74, 6) is 0.117. The highest BCUT2D eigenvalue weighted by molar-refractivity contribution is 6.30. The Morgan fingerprint density at radius 1 is 0.844 bits per heavy atom. The number of aromatic nitrogens is 1. The van der Waals surface area contributed by atoms with Gasteiger partial charge in [-0.3, -0.25) is 4.79 Å². The Labute approximate surface area is 197 Å². The molecule has 0 radical (unpaired) electrons. The van der Waals surface area contributed by atoms with Crippen molar-refractivity contribution in [2.45, 2.75) is 65.2 Å². The third-order valence-corrected chi connectivity index (χ3v) is 6.19. The molecule has 1 heterocycles. The number of benzene rings is 2. The molecule has 4 heteroatoms. The Kier molecular flexibility index (Phi) is 9.55. The van der Waals surface area contributed by atoms with E-state index in [1.165, 1.54) is 38.5 Å². The van der Waals surface area contributed by atoms with E-state index in [2.05, 4.69) is 18.7 Å². The first-order valence-corrected chi connectivity index (χ1v) is 12.5. The van der Waals surface area contributed by atoms with Crippen LogP contribution >= 0.6 is 11.6 Å². The number of hydrogen-bond donors (Lipinski definition) is 0. The van der Waals surface area contributed by atoms with E-state index in [-0.39, 0.29) is 5.91 Å². The van der Waals surface area contributed by atoms with Crippen LogP contribution in [0, 0.1) is 0 Å². The molecule has 0 unspecified atom stereocenters. The summed E-state index contributed by atoms with van der Waals surface area (Å²) in [6.07, 6.45) is 9.28. The molecular weight excluding hydrogens is 416 g/mol. The molecule has 1 amide bonds. The molecule has 0 aliphatic rings. The number of nitrogens with zero attached hydrogens (tertiary/aromatic N) is 2. The Morgan fingerprint density at radius 2 is 1.47 bits per heavy atom. The zero-order valence-electron chi connectivity index (χ0n) is 19.4. The van der Waals surface area contributed by atoms with E-state index in [4.69, 9.17) is 16.6 Å². The molecule has 0 aliphatic carbocycles. The number of rotatable bonds is 12. The molecule has 0 fully saturated rings. The third-order valence-electron chi connectivity index (χ3n) is 5.94. The molecule has 0 aliphatic heterocycles. The number of carbonyl (C=O) groups is 1. The Morgan fingerprint density at radius 3 is 2.09 bits per heavy atom. The maximum atomic E-state index is 13.8. The summed E-state index contributed by atoms with van der Waals surface area (Å²) >= 11 is 6.08. The molecule has 0 atom stereocenters. The lowest BCUT2D eigenvalue weighted by Gasteiger charge is -2.24. The molecular formula is C28H35ClN2O. The third kappa shape index (κ3) is 6.56. The Hall–Kier alpha value is -2.39. The van der Waals surface area contributed by atoms with Crippen LogP contribution < -0.4 is 0 Å². The van der Waals surface area contributed by atoms with Crippen LogP contribution in [0.5, 0.6) is 0 Å². The van der Waals surface area contributed by atoms with E-state index in [9.17, 15) is 4.79 Å². The van der Waals surface area contributed by atoms with Gasteiger partial charge in [-0.15, -0.1) is 0 Å². The smallest absolute Gasteiger partial charge is 0.254 e. The van der Waals surface area contributed by atoms with Crippen molar-refractivity contribution in [1.82, 2.24) is 9.88 Å². The van der Waals surface area contributed by atoms with Crippen LogP contribution in [0.25, 0.3) is 22.2 Å². The van der Waals surface area contributed by atoms with Gasteiger partial charge in [0.05, 0.1) is 16.8 Å². The molecule has 0 spiro atoms. The molecule has 3 rings (SSSR count). The first-order chi connectivity index (χ1) is 15.6. The van der Waals surface area contributed by atoms with Gasteiger partial charge in [-0.05, 0) is 37.1 Å². The number of fused-ring (bicyclic) bond motifs is 1. The van der Waals surface area contributed by atoms with Gasteiger partial charge in [0.2, 0.25) is 0 Å². The number of amides is 1. The standard InChI is InChI=1S/C28H35ClN2O/c1-3-5-7-11-19-31(20-12-8-6-4-2)28(32)25-21-27(22-15-17-23(29)18-16-22)30-26-14-10-9-13-24(25)26/h9-10,13-18,21H,3-8,11-12,19-20H2,1-2H3. The highest BCUT2D eigenvalue weighted by Gasteiger charge is 2.19. The fourth-order valence-corrected chi connectivity index (χ4v) is 4.19. The minimum absolute atomic E-state index is 0.117. The normalized spacial score (nSPS) is 11.1. The highest BCUT2D eigenvalue weighted by Crippen LogP contribution is 2.27. The van der Waals surface area contributed by atoms with E-state index in [1.54, 1.807) is 0 Å². The van der Waals surface area contributed by atoms with Crippen LogP contribution in [0.1, 0.15) is 75.6 Å². The quantitative estimate of drug-likeness (QED) is 0.261. The summed E-state index contributed by atoms with van der Waals surface area (Å²) in [7, 11) is 0. The SMILES string of the molecule is CCCCCCN(CCCCCC)C(=O)c1cc(-c2ccc(Cl)cc2)nc2ccccc12. The zero-order valence-corrected chi connectivity index (χ0v) is 20.2. The van der Waals surface area contributed by atoms with Crippen LogP contribution in [-0.2, 0) is 0 Å². The van der Waals surface area contributed by atoms with E-state index in [0.717, 1.165) is 53.7 Å². The summed E-state index contributed by atoms with van der Waals surface area (Å²) in [4.78, 5) is 20.7. The molecule has 32 heavy (non-hydrogen) atoms. The van der Waals surface area contributed by atoms with Crippen molar-refractivity contribution < 1.29 is 4.79 Å². The van der Waals surface area contributed by atoms with Crippen molar-refractivity contribution >= 4 is 28.4 Å². The minimum Gasteiger partial charge on any atom is -0.339 e. The second-order valence-corrected chi connectivity index (χ2v) is 8.93. The topological polar surface area (TPSA) is 33.2 Å². The Bertz CT molecular complexity index is 988. The number of pyridine rings is 1. The van der Waals surface area contributed by atoms with Crippen LogP contribution in [-0.4, -0.2) is 28.9 Å². The fraction of sp³-hybridized carbons (Fsp3) is 0.429. The molecule has 0 saturated carbocycles. The molecule has 1 aromatic heterocycles. The van der Waals surface area contributed by atoms with E-state index in [0.29, 0.717) is 5.02 Å². The lowest BCUT2D eigenvalue weighted by molar-refractivity contribution is 0.0751. The van der Waals surface area contributed by atoms with Crippen molar-refractivity contribution in [3.63, 3.8) is 0 Å². The van der Waals surface area contributed by atoms with Crippen LogP contribution in [0.2, 0.25) is 5.02 Å². The molecule has 0 N–H and O–H groups in total. The van der Waals surface area contributed by atoms with E-state index in [1.807, 2.05) is 54.6 Å². The van der Waals surface area contributed by atoms with Gasteiger partial charge in [0.1, 0.15) is 0 Å². The second kappa shape index (κ2) is 12.6. The average Bonchev–Trinajstić information content (AvgIpc) is 2.82. The number of unbranched alkanes of at least 4 members (excludes halogenated alkanes) is 6. The molecule has 170 valence electrons. The predicted molar refractivity (Wildman–Crippen MR) is 136 cm³/mol. The number of para-hydroxylation sites is 1. The van der Waals surface area contributed by atoms with Gasteiger partial charge >= 0.3 is 0 Å². The van der Waals surface area contributed by atoms with Gasteiger partial charge in [0.25, 0.3) is 5.91 Å². The fourth-order valence-electron chi connectivity index (χ4n) is 4.06. The molecule has 0 bridgehead atoms. The van der Waals surface area contributed by atoms with Gasteiger partial charge in [-0.25, -0.2) is 4.98 Å². The Balaban J connectivity index is 1.93. The van der Waals surface area contributed by atoms with Crippen molar-refractivity contribution in [2.24, 2.45) is 0 Å². The lowest BCUT2D eigenvalue weighted by atomic mass is 10.0. The largest absolute Gasteiger partial charge is 0.339 e. The second-order valence-electron chi connectivity index (χ2n) is 8.49. The van der Waals surface area contributed by atoms with E-state index < -0.39 is 0 Å². The van der Waals surface area contributed by atoms with Crippen molar-refractivity contribution in [3.8, 4) is 11.3 Å². The van der Waals surface area contributed by atoms with Crippen LogP contribution in [0.4, 0.5) is 0 Å².